The summed E-state index contributed by atoms with van der Waals surface area (Å²) < 4.78 is 0. The van der Waals surface area contributed by atoms with E-state index in [0.717, 1.165) is 55.9 Å². The van der Waals surface area contributed by atoms with Crippen molar-refractivity contribution in [2.75, 3.05) is 0 Å². The van der Waals surface area contributed by atoms with E-state index in [1.54, 1.807) is 12.4 Å². The maximum absolute atomic E-state index is 5.21. The van der Waals surface area contributed by atoms with Crippen LogP contribution in [0.5, 0.6) is 0 Å². The van der Waals surface area contributed by atoms with Crippen molar-refractivity contribution in [3.8, 4) is 102 Å². The lowest BCUT2D eigenvalue weighted by atomic mass is 10.0. The molecule has 0 amide bonds. The Kier molecular flexibility index (Phi) is 9.75. The fourth-order valence-corrected chi connectivity index (χ4v) is 7.04. The number of hydrogen-bond donors (Lipinski definition) is 0. The summed E-state index contributed by atoms with van der Waals surface area (Å²) in [6.45, 7) is 0. The molecule has 282 valence electrons. The average molecular weight is 771 g/mol. The van der Waals surface area contributed by atoms with Gasteiger partial charge in [0.15, 0.2) is 23.3 Å². The van der Waals surface area contributed by atoms with Crippen molar-refractivity contribution in [1.29, 1.82) is 0 Å². The van der Waals surface area contributed by atoms with Crippen molar-refractivity contribution >= 4 is 0 Å². The van der Waals surface area contributed by atoms with E-state index in [1.807, 2.05) is 146 Å². The molecular weight excluding hydrogens is 737 g/mol. The van der Waals surface area contributed by atoms with Crippen molar-refractivity contribution in [3.05, 3.63) is 207 Å². The summed E-state index contributed by atoms with van der Waals surface area (Å²) in [5, 5.41) is 0. The Bertz CT molecular complexity index is 2770. The molecule has 0 fully saturated rings. The first-order chi connectivity index (χ1) is 29.7. The predicted molar refractivity (Wildman–Crippen MR) is 238 cm³/mol. The van der Waals surface area contributed by atoms with E-state index in [4.69, 9.17) is 39.9 Å². The zero-order valence-corrected chi connectivity index (χ0v) is 32.2. The highest BCUT2D eigenvalue weighted by Crippen LogP contribution is 2.33. The summed E-state index contributed by atoms with van der Waals surface area (Å²) >= 11 is 0. The Morgan fingerprint density at radius 1 is 0.200 bits per heavy atom. The molecule has 0 atom stereocenters. The smallest absolute Gasteiger partial charge is 0.164 e. The van der Waals surface area contributed by atoms with Gasteiger partial charge in [-0.15, -0.1) is 0 Å². The molecule has 60 heavy (non-hydrogen) atoms. The Morgan fingerprint density at radius 2 is 0.533 bits per heavy atom. The van der Waals surface area contributed by atoms with Crippen LogP contribution in [0.25, 0.3) is 102 Å². The molecule has 0 radical (unpaired) electrons. The van der Waals surface area contributed by atoms with Gasteiger partial charge in [0.25, 0.3) is 0 Å². The minimum absolute atomic E-state index is 0.535. The number of pyridine rings is 3. The number of benzene rings is 5. The number of aromatic nitrogens is 8. The molecular formula is C52H34N8. The third-order valence-electron chi connectivity index (χ3n) is 10.1. The molecule has 0 unspecified atom stereocenters. The summed E-state index contributed by atoms with van der Waals surface area (Å²) in [6, 6.07) is 64.5. The Morgan fingerprint density at radius 3 is 0.950 bits per heavy atom. The highest BCUT2D eigenvalue weighted by Gasteiger charge is 2.17. The monoisotopic (exact) mass is 770 g/mol. The second-order valence-electron chi connectivity index (χ2n) is 14.1. The van der Waals surface area contributed by atoms with Gasteiger partial charge in [0.05, 0.1) is 34.2 Å². The molecule has 5 heterocycles. The zero-order valence-electron chi connectivity index (χ0n) is 32.2. The van der Waals surface area contributed by atoms with Crippen LogP contribution in [-0.4, -0.2) is 39.9 Å². The molecule has 10 rings (SSSR count). The number of rotatable bonds is 9. The molecule has 0 spiro atoms. The normalized spacial score (nSPS) is 11.0. The standard InChI is InChI=1S/C52H34N8/c1-6-16-35(17-7-1)42-32-47(45-30-40(26-28-53-45)51-56-43(36-18-8-2-9-19-36)34-44(57-51)37-20-10-3-11-21-37)55-48(33-42)46-31-41(27-29-54-46)52-59-49(38-22-12-4-13-23-38)58-50(60-52)39-24-14-5-15-25-39/h1-34H. The second-order valence-corrected chi connectivity index (χ2v) is 14.1. The molecule has 0 aliphatic heterocycles. The highest BCUT2D eigenvalue weighted by atomic mass is 15.0. The van der Waals surface area contributed by atoms with Gasteiger partial charge in [0, 0.05) is 45.8 Å². The van der Waals surface area contributed by atoms with Crippen molar-refractivity contribution in [2.45, 2.75) is 0 Å². The van der Waals surface area contributed by atoms with Crippen LogP contribution in [0.15, 0.2) is 207 Å². The second kappa shape index (κ2) is 16.2. The minimum atomic E-state index is 0.535. The minimum Gasteiger partial charge on any atom is -0.255 e. The lowest BCUT2D eigenvalue weighted by molar-refractivity contribution is 1.07. The zero-order chi connectivity index (χ0) is 40.1. The summed E-state index contributed by atoms with van der Waals surface area (Å²) in [7, 11) is 0. The lowest BCUT2D eigenvalue weighted by Gasteiger charge is -2.12. The SMILES string of the molecule is c1ccc(-c2cc(-c3cc(-c4nc(-c5ccccc5)cc(-c5ccccc5)n4)ccn3)nc(-c3cc(-c4nc(-c5ccccc5)nc(-c5ccccc5)n4)ccn3)c2)cc1. The predicted octanol–water partition coefficient (Wildman–Crippen LogP) is 11.8. The van der Waals surface area contributed by atoms with Crippen molar-refractivity contribution in [2.24, 2.45) is 0 Å². The van der Waals surface area contributed by atoms with Crippen LogP contribution in [0.4, 0.5) is 0 Å². The van der Waals surface area contributed by atoms with E-state index < -0.39 is 0 Å². The Labute approximate surface area is 347 Å². The molecule has 5 aromatic heterocycles. The molecule has 8 heteroatoms. The van der Waals surface area contributed by atoms with E-state index in [-0.39, 0.29) is 0 Å². The Balaban J connectivity index is 1.09. The van der Waals surface area contributed by atoms with E-state index >= 15 is 0 Å². The van der Waals surface area contributed by atoms with Gasteiger partial charge in [-0.05, 0) is 53.6 Å². The van der Waals surface area contributed by atoms with Crippen molar-refractivity contribution in [1.82, 2.24) is 39.9 Å². The first kappa shape index (κ1) is 36.0. The summed E-state index contributed by atoms with van der Waals surface area (Å²) in [6.07, 6.45) is 3.56. The van der Waals surface area contributed by atoms with Gasteiger partial charge >= 0.3 is 0 Å². The van der Waals surface area contributed by atoms with Gasteiger partial charge in [-0.1, -0.05) is 152 Å². The van der Waals surface area contributed by atoms with Crippen LogP contribution in [-0.2, 0) is 0 Å². The lowest BCUT2D eigenvalue weighted by Crippen LogP contribution is -2.01. The van der Waals surface area contributed by atoms with Gasteiger partial charge in [-0.2, -0.15) is 0 Å². The first-order valence-electron chi connectivity index (χ1n) is 19.6. The highest BCUT2D eigenvalue weighted by molar-refractivity contribution is 5.78. The van der Waals surface area contributed by atoms with Crippen molar-refractivity contribution in [3.63, 3.8) is 0 Å². The maximum atomic E-state index is 5.21. The molecule has 5 aromatic carbocycles. The largest absolute Gasteiger partial charge is 0.255 e. The van der Waals surface area contributed by atoms with Crippen molar-refractivity contribution < 1.29 is 0 Å². The fraction of sp³-hybridized carbons (Fsp3) is 0. The fourth-order valence-electron chi connectivity index (χ4n) is 7.04. The summed E-state index contributed by atoms with van der Waals surface area (Å²) in [5.41, 5.74) is 11.8. The van der Waals surface area contributed by atoms with E-state index in [1.165, 1.54) is 0 Å². The topological polar surface area (TPSA) is 103 Å². The third kappa shape index (κ3) is 7.68. The number of nitrogens with zero attached hydrogens (tertiary/aromatic N) is 8. The molecule has 0 saturated heterocycles. The van der Waals surface area contributed by atoms with E-state index in [9.17, 15) is 0 Å². The molecule has 0 saturated carbocycles. The van der Waals surface area contributed by atoms with Crippen LogP contribution in [0.2, 0.25) is 0 Å². The molecule has 8 nitrogen and oxygen atoms in total. The molecule has 0 aliphatic rings. The third-order valence-corrected chi connectivity index (χ3v) is 10.1. The quantitative estimate of drug-likeness (QED) is 0.143. The average Bonchev–Trinajstić information content (AvgIpc) is 3.35. The van der Waals surface area contributed by atoms with Gasteiger partial charge in [-0.3, -0.25) is 9.97 Å². The Hall–Kier alpha value is -8.36. The van der Waals surface area contributed by atoms with Gasteiger partial charge in [0.2, 0.25) is 0 Å². The molecule has 0 N–H and O–H groups in total. The van der Waals surface area contributed by atoms with E-state index in [0.29, 0.717) is 46.1 Å². The van der Waals surface area contributed by atoms with Gasteiger partial charge in [0.1, 0.15) is 0 Å². The summed E-state index contributed by atoms with van der Waals surface area (Å²) in [4.78, 5) is 39.8. The molecule has 0 bridgehead atoms. The van der Waals surface area contributed by atoms with Gasteiger partial charge in [-0.25, -0.2) is 29.9 Å². The summed E-state index contributed by atoms with van der Waals surface area (Å²) in [5.74, 6) is 2.30. The first-order valence-corrected chi connectivity index (χ1v) is 19.6. The van der Waals surface area contributed by atoms with Crippen LogP contribution in [0.3, 0.4) is 0 Å². The molecule has 10 aromatic rings. The van der Waals surface area contributed by atoms with E-state index in [2.05, 4.69) is 48.5 Å². The van der Waals surface area contributed by atoms with Crippen LogP contribution in [0.1, 0.15) is 0 Å². The maximum Gasteiger partial charge on any atom is 0.164 e. The van der Waals surface area contributed by atoms with Gasteiger partial charge < -0.3 is 0 Å². The van der Waals surface area contributed by atoms with Crippen LogP contribution in [0, 0.1) is 0 Å². The van der Waals surface area contributed by atoms with Crippen LogP contribution >= 0.6 is 0 Å². The molecule has 0 aliphatic carbocycles. The van der Waals surface area contributed by atoms with Crippen LogP contribution < -0.4 is 0 Å². The number of hydrogen-bond acceptors (Lipinski definition) is 8.